The fourth-order valence-electron chi connectivity index (χ4n) is 9.38. The second kappa shape index (κ2) is 17.8. The largest absolute Gasteiger partial charge is 0.455 e. The van der Waals surface area contributed by atoms with Gasteiger partial charge in [-0.1, -0.05) is 78.9 Å². The maximum absolute atomic E-state index is 7.07. The molecule has 0 amide bonds. The Morgan fingerprint density at radius 1 is 0.357 bits per heavy atom. The number of nitrogens with zero attached hydrogens (tertiary/aromatic N) is 8. The summed E-state index contributed by atoms with van der Waals surface area (Å²) in [6.07, 6.45) is 14.7. The highest BCUT2D eigenvalue weighted by Gasteiger charge is 2.23. The lowest BCUT2D eigenvalue weighted by atomic mass is 9.96. The molecule has 0 radical (unpaired) electrons. The van der Waals surface area contributed by atoms with Crippen LogP contribution < -0.4 is 0 Å². The molecule has 70 heavy (non-hydrogen) atoms. The van der Waals surface area contributed by atoms with Crippen LogP contribution in [0.15, 0.2) is 237 Å². The number of pyridine rings is 3. The van der Waals surface area contributed by atoms with Crippen LogP contribution in [0.4, 0.5) is 0 Å². The van der Waals surface area contributed by atoms with Crippen LogP contribution in [-0.4, -0.2) is 39.5 Å². The summed E-state index contributed by atoms with van der Waals surface area (Å²) in [4.78, 5) is 33.3. The molecular formula is C61H40N8O. The van der Waals surface area contributed by atoms with Gasteiger partial charge in [0.2, 0.25) is 0 Å². The summed E-state index contributed by atoms with van der Waals surface area (Å²) in [5, 5.41) is 4.01. The minimum atomic E-state index is 0.642. The average molecular weight is 901 g/mol. The Balaban J connectivity index is 0.00000249. The first-order chi connectivity index (χ1) is 34.7. The van der Waals surface area contributed by atoms with Crippen molar-refractivity contribution >= 4 is 43.7 Å². The Kier molecular flexibility index (Phi) is 10.6. The lowest BCUT2D eigenvalue weighted by molar-refractivity contribution is 0.671. The fraction of sp³-hybridized carbons (Fsp3) is 0. The van der Waals surface area contributed by atoms with Gasteiger partial charge < -0.3 is 8.98 Å². The topological polar surface area (TPSA) is 108 Å². The Morgan fingerprint density at radius 2 is 0.814 bits per heavy atom. The van der Waals surface area contributed by atoms with Crippen molar-refractivity contribution < 1.29 is 4.42 Å². The summed E-state index contributed by atoms with van der Waals surface area (Å²) >= 11 is 0. The SMILES string of the molecule is C=C.c1ccc(-c2ccnc(-c3ccc4c(c3)c3cc(-c5nccc(-c6ccccc6)n5)ccc3n4-c3cc(-c4cccnc4)c4oc5c(-c6cccnc6)cc(-c6cccnc6)cc5c4c3)n2)cc1. The number of benzene rings is 6. The van der Waals surface area contributed by atoms with E-state index in [0.717, 1.165) is 116 Å². The number of hydrogen-bond acceptors (Lipinski definition) is 8. The van der Waals surface area contributed by atoms with Gasteiger partial charge in [0.1, 0.15) is 11.2 Å². The van der Waals surface area contributed by atoms with E-state index in [1.165, 1.54) is 0 Å². The zero-order valence-corrected chi connectivity index (χ0v) is 37.7. The predicted octanol–water partition coefficient (Wildman–Crippen LogP) is 14.9. The third-order valence-electron chi connectivity index (χ3n) is 12.6. The maximum Gasteiger partial charge on any atom is 0.159 e. The molecular weight excluding hydrogens is 861 g/mol. The van der Waals surface area contributed by atoms with Crippen LogP contribution in [0.25, 0.3) is 128 Å². The van der Waals surface area contributed by atoms with E-state index in [1.807, 2.05) is 97.7 Å². The van der Waals surface area contributed by atoms with Crippen molar-refractivity contribution in [1.82, 2.24) is 39.5 Å². The Bertz CT molecular complexity index is 3890. The van der Waals surface area contributed by atoms with Gasteiger partial charge in [0.05, 0.1) is 22.4 Å². The molecule has 7 aromatic heterocycles. The normalized spacial score (nSPS) is 11.3. The molecule has 13 aromatic rings. The first kappa shape index (κ1) is 41.7. The van der Waals surface area contributed by atoms with Gasteiger partial charge in [-0.25, -0.2) is 19.9 Å². The van der Waals surface area contributed by atoms with Crippen molar-refractivity contribution in [3.05, 3.63) is 233 Å². The van der Waals surface area contributed by atoms with Crippen LogP contribution >= 0.6 is 0 Å². The van der Waals surface area contributed by atoms with E-state index < -0.39 is 0 Å². The molecule has 13 rings (SSSR count). The maximum atomic E-state index is 7.07. The van der Waals surface area contributed by atoms with Gasteiger partial charge in [-0.3, -0.25) is 15.0 Å². The van der Waals surface area contributed by atoms with Crippen LogP contribution in [0.1, 0.15) is 0 Å². The second-order valence-electron chi connectivity index (χ2n) is 16.7. The third kappa shape index (κ3) is 7.44. The van der Waals surface area contributed by atoms with E-state index in [1.54, 1.807) is 18.6 Å². The van der Waals surface area contributed by atoms with Crippen LogP contribution in [0, 0.1) is 0 Å². The lowest BCUT2D eigenvalue weighted by Gasteiger charge is -2.12. The molecule has 0 aliphatic carbocycles. The van der Waals surface area contributed by atoms with Crippen molar-refractivity contribution in [2.75, 3.05) is 0 Å². The molecule has 0 N–H and O–H groups in total. The minimum Gasteiger partial charge on any atom is -0.455 e. The van der Waals surface area contributed by atoms with Crippen LogP contribution in [0.3, 0.4) is 0 Å². The quantitative estimate of drug-likeness (QED) is 0.139. The molecule has 9 nitrogen and oxygen atoms in total. The molecule has 0 aliphatic rings. The zero-order valence-electron chi connectivity index (χ0n) is 37.7. The van der Waals surface area contributed by atoms with Gasteiger partial charge >= 0.3 is 0 Å². The third-order valence-corrected chi connectivity index (χ3v) is 12.6. The van der Waals surface area contributed by atoms with Crippen molar-refractivity contribution in [2.45, 2.75) is 0 Å². The van der Waals surface area contributed by atoms with Crippen LogP contribution in [-0.2, 0) is 0 Å². The fourth-order valence-corrected chi connectivity index (χ4v) is 9.38. The molecule has 0 saturated carbocycles. The summed E-state index contributed by atoms with van der Waals surface area (Å²) in [7, 11) is 0. The van der Waals surface area contributed by atoms with Crippen LogP contribution in [0.5, 0.6) is 0 Å². The molecule has 9 heteroatoms. The van der Waals surface area contributed by atoms with Gasteiger partial charge in [-0.05, 0) is 96.6 Å². The number of hydrogen-bond donors (Lipinski definition) is 0. The summed E-state index contributed by atoms with van der Waals surface area (Å²) in [5.74, 6) is 1.28. The van der Waals surface area contributed by atoms with E-state index in [-0.39, 0.29) is 0 Å². The monoisotopic (exact) mass is 900 g/mol. The highest BCUT2D eigenvalue weighted by atomic mass is 16.3. The molecule has 0 bridgehead atoms. The predicted molar refractivity (Wildman–Crippen MR) is 282 cm³/mol. The van der Waals surface area contributed by atoms with Crippen LogP contribution in [0.2, 0.25) is 0 Å². The van der Waals surface area contributed by atoms with Gasteiger partial charge in [-0.15, -0.1) is 13.2 Å². The standard InChI is InChI=1S/C59H36N8O.C2H4/c1-3-10-37(11-4-1)52-21-26-63-58(65-52)39-17-19-54-48(28-39)49-29-40(59-64-27-22-53(66-59)38-12-5-2-6-13-38)18-20-55(49)67(54)45-32-47(43-16-9-25-62-36-43)57-51(33-45)50-31-44(41-14-7-23-60-34-41)30-46(56(50)68-57)42-15-8-24-61-35-42;1-2/h1-36H;1-2H2. The molecule has 330 valence electrons. The first-order valence-electron chi connectivity index (χ1n) is 22.8. The van der Waals surface area contributed by atoms with Crippen molar-refractivity contribution in [2.24, 2.45) is 0 Å². The van der Waals surface area contributed by atoms with Crippen molar-refractivity contribution in [3.63, 3.8) is 0 Å². The van der Waals surface area contributed by atoms with E-state index in [2.05, 4.69) is 136 Å². The zero-order chi connectivity index (χ0) is 47.0. The first-order valence-corrected chi connectivity index (χ1v) is 22.8. The average Bonchev–Trinajstić information content (AvgIpc) is 3.99. The molecule has 0 spiro atoms. The Morgan fingerprint density at radius 3 is 1.31 bits per heavy atom. The van der Waals surface area contributed by atoms with Gasteiger partial charge in [0, 0.05) is 127 Å². The van der Waals surface area contributed by atoms with E-state index in [4.69, 9.17) is 24.4 Å². The molecule has 0 unspecified atom stereocenters. The van der Waals surface area contributed by atoms with Crippen molar-refractivity contribution in [3.8, 4) is 84.4 Å². The number of furan rings is 1. The molecule has 0 atom stereocenters. The summed E-state index contributed by atoms with van der Waals surface area (Å²) in [6, 6.07) is 58.3. The molecule has 0 fully saturated rings. The number of fused-ring (bicyclic) bond motifs is 6. The van der Waals surface area contributed by atoms with E-state index >= 15 is 0 Å². The van der Waals surface area contributed by atoms with E-state index in [0.29, 0.717) is 11.6 Å². The summed E-state index contributed by atoms with van der Waals surface area (Å²) in [6.45, 7) is 6.00. The summed E-state index contributed by atoms with van der Waals surface area (Å²) < 4.78 is 9.41. The minimum absolute atomic E-state index is 0.642. The van der Waals surface area contributed by atoms with Gasteiger partial charge in [0.25, 0.3) is 0 Å². The number of aromatic nitrogens is 8. The molecule has 0 aliphatic heterocycles. The Hall–Kier alpha value is -9.73. The lowest BCUT2D eigenvalue weighted by Crippen LogP contribution is -1.96. The van der Waals surface area contributed by atoms with Crippen molar-refractivity contribution in [1.29, 1.82) is 0 Å². The Labute approximate surface area is 402 Å². The highest BCUT2D eigenvalue weighted by molar-refractivity contribution is 6.16. The second-order valence-corrected chi connectivity index (χ2v) is 16.7. The van der Waals surface area contributed by atoms with E-state index in [9.17, 15) is 0 Å². The smallest absolute Gasteiger partial charge is 0.159 e. The molecule has 7 heterocycles. The van der Waals surface area contributed by atoms with Gasteiger partial charge in [0.15, 0.2) is 11.6 Å². The molecule has 6 aromatic carbocycles. The summed E-state index contributed by atoms with van der Waals surface area (Å²) in [5.41, 5.74) is 15.9. The number of rotatable bonds is 8. The molecule has 0 saturated heterocycles. The highest BCUT2D eigenvalue weighted by Crippen LogP contribution is 2.45. The van der Waals surface area contributed by atoms with Gasteiger partial charge in [-0.2, -0.15) is 0 Å².